The summed E-state index contributed by atoms with van der Waals surface area (Å²) >= 11 is 0. The van der Waals surface area contributed by atoms with E-state index in [0.29, 0.717) is 5.56 Å². The van der Waals surface area contributed by atoms with Crippen LogP contribution < -0.4 is 4.90 Å². The second-order valence-corrected chi connectivity index (χ2v) is 3.80. The molecule has 0 atom stereocenters. The Kier molecular flexibility index (Phi) is 5.15. The third kappa shape index (κ3) is 3.12. The normalized spacial score (nSPS) is 8.79. The van der Waals surface area contributed by atoms with Gasteiger partial charge in [-0.3, -0.25) is 0 Å². The average Bonchev–Trinajstić information content (AvgIpc) is 2.47. The Morgan fingerprint density at radius 1 is 0.947 bits per heavy atom. The molecule has 0 amide bonds. The van der Waals surface area contributed by atoms with Gasteiger partial charge < -0.3 is 4.90 Å². The van der Waals surface area contributed by atoms with Crippen molar-refractivity contribution in [2.45, 2.75) is 13.8 Å². The van der Waals surface area contributed by atoms with Crippen molar-refractivity contribution in [2.75, 3.05) is 18.0 Å². The first-order chi connectivity index (χ1) is 9.21. The summed E-state index contributed by atoms with van der Waals surface area (Å²) in [5, 5.41) is 26.7. The van der Waals surface area contributed by atoms with Gasteiger partial charge in [0.25, 0.3) is 0 Å². The van der Waals surface area contributed by atoms with Crippen molar-refractivity contribution < 1.29 is 0 Å². The summed E-state index contributed by atoms with van der Waals surface area (Å²) in [6.07, 6.45) is 0. The molecule has 1 aromatic rings. The van der Waals surface area contributed by atoms with Gasteiger partial charge in [-0.1, -0.05) is 12.1 Å². The van der Waals surface area contributed by atoms with Gasteiger partial charge in [0.2, 0.25) is 0 Å². The summed E-state index contributed by atoms with van der Waals surface area (Å²) in [4.78, 5) is 2.18. The van der Waals surface area contributed by atoms with Gasteiger partial charge in [-0.2, -0.15) is 15.8 Å². The van der Waals surface area contributed by atoms with Gasteiger partial charge >= 0.3 is 0 Å². The maximum Gasteiger partial charge on any atom is 0.148 e. The minimum Gasteiger partial charge on any atom is -0.372 e. The molecule has 0 aromatic heterocycles. The molecule has 0 saturated heterocycles. The van der Waals surface area contributed by atoms with Gasteiger partial charge in [-0.25, -0.2) is 0 Å². The minimum atomic E-state index is -0.155. The van der Waals surface area contributed by atoms with Crippen LogP contribution in [0.5, 0.6) is 0 Å². The molecule has 0 N–H and O–H groups in total. The molecule has 0 heterocycles. The molecule has 0 aliphatic carbocycles. The smallest absolute Gasteiger partial charge is 0.148 e. The van der Waals surface area contributed by atoms with Crippen LogP contribution >= 0.6 is 0 Å². The van der Waals surface area contributed by atoms with E-state index in [1.54, 1.807) is 24.3 Å². The van der Waals surface area contributed by atoms with Crippen LogP contribution in [0.3, 0.4) is 0 Å². The molecule has 0 saturated carbocycles. The van der Waals surface area contributed by atoms with E-state index in [1.165, 1.54) is 0 Å². The van der Waals surface area contributed by atoms with Crippen LogP contribution in [0, 0.1) is 34.0 Å². The van der Waals surface area contributed by atoms with Gasteiger partial charge in [0.05, 0.1) is 5.57 Å². The molecule has 0 unspecified atom stereocenters. The maximum absolute atomic E-state index is 9.06. The lowest BCUT2D eigenvalue weighted by Crippen LogP contribution is -2.21. The molecule has 4 nitrogen and oxygen atoms in total. The molecule has 1 aromatic carbocycles. The Hall–Kier alpha value is -2.77. The summed E-state index contributed by atoms with van der Waals surface area (Å²) in [6, 6.07) is 12.7. The van der Waals surface area contributed by atoms with Gasteiger partial charge in [0.15, 0.2) is 0 Å². The van der Waals surface area contributed by atoms with E-state index in [-0.39, 0.29) is 11.1 Å². The topological polar surface area (TPSA) is 74.6 Å². The summed E-state index contributed by atoms with van der Waals surface area (Å²) in [7, 11) is 0. The standard InChI is InChI=1S/C15H14N4/c1-3-19(4-2)14-7-5-12(6-8-14)15(11-18)13(9-16)10-17/h5-8H,3-4H2,1-2H3. The first-order valence-corrected chi connectivity index (χ1v) is 6.01. The molecule has 0 aliphatic rings. The predicted octanol–water partition coefficient (Wildman–Crippen LogP) is 2.86. The van der Waals surface area contributed by atoms with Crippen molar-refractivity contribution in [3.63, 3.8) is 0 Å². The zero-order valence-electron chi connectivity index (χ0n) is 11.0. The van der Waals surface area contributed by atoms with Crippen molar-refractivity contribution in [2.24, 2.45) is 0 Å². The van der Waals surface area contributed by atoms with Crippen molar-refractivity contribution in [3.05, 3.63) is 35.4 Å². The summed E-state index contributed by atoms with van der Waals surface area (Å²) in [5.74, 6) is 0. The molecule has 19 heavy (non-hydrogen) atoms. The maximum atomic E-state index is 9.06. The third-order valence-corrected chi connectivity index (χ3v) is 2.87. The predicted molar refractivity (Wildman–Crippen MR) is 73.8 cm³/mol. The summed E-state index contributed by atoms with van der Waals surface area (Å²) in [5.41, 5.74) is 1.62. The van der Waals surface area contributed by atoms with Gasteiger partial charge in [-0.15, -0.1) is 0 Å². The van der Waals surface area contributed by atoms with Crippen LogP contribution in [0.1, 0.15) is 19.4 Å². The first-order valence-electron chi connectivity index (χ1n) is 6.01. The van der Waals surface area contributed by atoms with E-state index in [9.17, 15) is 0 Å². The second-order valence-electron chi connectivity index (χ2n) is 3.80. The highest BCUT2D eigenvalue weighted by molar-refractivity contribution is 5.84. The van der Waals surface area contributed by atoms with E-state index in [1.807, 2.05) is 18.2 Å². The van der Waals surface area contributed by atoms with Crippen LogP contribution in [0.2, 0.25) is 0 Å². The Morgan fingerprint density at radius 2 is 1.47 bits per heavy atom. The number of allylic oxidation sites excluding steroid dienone is 2. The Labute approximate surface area is 113 Å². The fraction of sp³-hybridized carbons (Fsp3) is 0.267. The molecule has 4 heteroatoms. The first kappa shape index (κ1) is 14.3. The van der Waals surface area contributed by atoms with Gasteiger partial charge in [0.1, 0.15) is 23.8 Å². The Morgan fingerprint density at radius 3 is 1.84 bits per heavy atom. The lowest BCUT2D eigenvalue weighted by atomic mass is 10.0. The van der Waals surface area contributed by atoms with E-state index in [2.05, 4.69) is 18.7 Å². The molecule has 0 spiro atoms. The van der Waals surface area contributed by atoms with Crippen molar-refractivity contribution in [3.8, 4) is 18.2 Å². The van der Waals surface area contributed by atoms with Crippen LogP contribution in [0.25, 0.3) is 5.57 Å². The largest absolute Gasteiger partial charge is 0.372 e. The fourth-order valence-electron chi connectivity index (χ4n) is 1.83. The number of benzene rings is 1. The summed E-state index contributed by atoms with van der Waals surface area (Å²) in [6.45, 7) is 5.94. The quantitative estimate of drug-likeness (QED) is 0.770. The molecular formula is C15H14N4. The van der Waals surface area contributed by atoms with E-state index in [0.717, 1.165) is 18.8 Å². The highest BCUT2D eigenvalue weighted by atomic mass is 15.1. The molecule has 0 radical (unpaired) electrons. The molecule has 1 rings (SSSR count). The molecular weight excluding hydrogens is 236 g/mol. The number of nitriles is 3. The zero-order valence-corrected chi connectivity index (χ0v) is 11.0. The third-order valence-electron chi connectivity index (χ3n) is 2.87. The lowest BCUT2D eigenvalue weighted by Gasteiger charge is -2.21. The fourth-order valence-corrected chi connectivity index (χ4v) is 1.83. The monoisotopic (exact) mass is 250 g/mol. The van der Waals surface area contributed by atoms with E-state index < -0.39 is 0 Å². The number of anilines is 1. The SMILES string of the molecule is CCN(CC)c1ccc(C(C#N)=C(C#N)C#N)cc1. The van der Waals surface area contributed by atoms with Crippen LogP contribution in [0.4, 0.5) is 5.69 Å². The zero-order chi connectivity index (χ0) is 14.3. The van der Waals surface area contributed by atoms with E-state index >= 15 is 0 Å². The second kappa shape index (κ2) is 6.84. The van der Waals surface area contributed by atoms with E-state index in [4.69, 9.17) is 15.8 Å². The van der Waals surface area contributed by atoms with Crippen molar-refractivity contribution in [1.82, 2.24) is 0 Å². The van der Waals surface area contributed by atoms with Gasteiger partial charge in [-0.05, 0) is 31.5 Å². The van der Waals surface area contributed by atoms with Crippen molar-refractivity contribution in [1.29, 1.82) is 15.8 Å². The molecule has 0 bridgehead atoms. The summed E-state index contributed by atoms with van der Waals surface area (Å²) < 4.78 is 0. The highest BCUT2D eigenvalue weighted by Crippen LogP contribution is 2.21. The number of rotatable bonds is 4. The number of hydrogen-bond acceptors (Lipinski definition) is 4. The Bertz CT molecular complexity index is 571. The number of nitrogens with zero attached hydrogens (tertiary/aromatic N) is 4. The molecule has 0 aliphatic heterocycles. The lowest BCUT2D eigenvalue weighted by molar-refractivity contribution is 0.866. The Balaban J connectivity index is 3.20. The number of hydrogen-bond donors (Lipinski definition) is 0. The highest BCUT2D eigenvalue weighted by Gasteiger charge is 2.09. The van der Waals surface area contributed by atoms with Crippen LogP contribution in [0.15, 0.2) is 29.8 Å². The molecule has 0 fully saturated rings. The molecule has 94 valence electrons. The van der Waals surface area contributed by atoms with Crippen molar-refractivity contribution >= 4 is 11.3 Å². The average molecular weight is 250 g/mol. The minimum absolute atomic E-state index is 0.121. The van der Waals surface area contributed by atoms with Crippen LogP contribution in [-0.2, 0) is 0 Å². The van der Waals surface area contributed by atoms with Crippen LogP contribution in [-0.4, -0.2) is 13.1 Å². The van der Waals surface area contributed by atoms with Gasteiger partial charge in [0, 0.05) is 18.8 Å².